The second-order valence-corrected chi connectivity index (χ2v) is 4.17. The summed E-state index contributed by atoms with van der Waals surface area (Å²) in [5, 5.41) is 1.91. The van der Waals surface area contributed by atoms with E-state index in [4.69, 9.17) is 5.84 Å². The topological polar surface area (TPSA) is 29.3 Å². The minimum absolute atomic E-state index is 0.546. The molecule has 0 amide bonds. The van der Waals surface area contributed by atoms with Gasteiger partial charge in [0, 0.05) is 13.1 Å². The van der Waals surface area contributed by atoms with Crippen molar-refractivity contribution >= 4 is 0 Å². The molecule has 0 aromatic heterocycles. The molecule has 1 saturated heterocycles. The third-order valence-corrected chi connectivity index (χ3v) is 2.55. The molecule has 11 heavy (non-hydrogen) atoms. The van der Waals surface area contributed by atoms with Crippen LogP contribution in [0.25, 0.3) is 0 Å². The highest BCUT2D eigenvalue weighted by Crippen LogP contribution is 2.32. The summed E-state index contributed by atoms with van der Waals surface area (Å²) in [5.41, 5.74) is 0.546. The van der Waals surface area contributed by atoms with Crippen LogP contribution in [-0.2, 0) is 0 Å². The van der Waals surface area contributed by atoms with Gasteiger partial charge in [0.05, 0.1) is 0 Å². The first-order valence-electron chi connectivity index (χ1n) is 4.66. The first-order chi connectivity index (χ1) is 5.16. The maximum Gasteiger partial charge on any atom is 0.0195 e. The van der Waals surface area contributed by atoms with Crippen molar-refractivity contribution in [3.05, 3.63) is 0 Å². The Morgan fingerprint density at radius 3 is 2.45 bits per heavy atom. The van der Waals surface area contributed by atoms with Crippen LogP contribution in [0.5, 0.6) is 0 Å². The number of hydrogen-bond donors (Lipinski definition) is 1. The molecule has 0 spiro atoms. The lowest BCUT2D eigenvalue weighted by molar-refractivity contribution is 0.00664. The number of hydrogen-bond acceptors (Lipinski definition) is 2. The molecule has 1 aliphatic heterocycles. The van der Waals surface area contributed by atoms with Gasteiger partial charge in [-0.25, -0.2) is 5.01 Å². The Morgan fingerprint density at radius 1 is 1.36 bits per heavy atom. The van der Waals surface area contributed by atoms with Crippen molar-refractivity contribution in [1.29, 1.82) is 0 Å². The third-order valence-electron chi connectivity index (χ3n) is 2.55. The predicted octanol–water partition coefficient (Wildman–Crippen LogP) is 1.76. The molecule has 2 heteroatoms. The molecule has 0 aliphatic carbocycles. The third kappa shape index (κ3) is 2.46. The zero-order valence-electron chi connectivity index (χ0n) is 7.77. The van der Waals surface area contributed by atoms with E-state index in [2.05, 4.69) is 13.8 Å². The van der Waals surface area contributed by atoms with Crippen LogP contribution in [-0.4, -0.2) is 18.1 Å². The molecule has 0 atom stereocenters. The van der Waals surface area contributed by atoms with Crippen molar-refractivity contribution in [3.8, 4) is 0 Å². The summed E-state index contributed by atoms with van der Waals surface area (Å²) in [6.45, 7) is 6.78. The van der Waals surface area contributed by atoms with Gasteiger partial charge in [0.2, 0.25) is 0 Å². The first-order valence-corrected chi connectivity index (χ1v) is 4.66. The van der Waals surface area contributed by atoms with Crippen molar-refractivity contribution in [2.24, 2.45) is 11.3 Å². The van der Waals surface area contributed by atoms with Crippen molar-refractivity contribution in [2.45, 2.75) is 39.5 Å². The molecule has 0 saturated carbocycles. The first kappa shape index (κ1) is 9.01. The summed E-state index contributed by atoms with van der Waals surface area (Å²) in [7, 11) is 0. The average Bonchev–Trinajstić information content (AvgIpc) is 1.85. The fourth-order valence-corrected chi connectivity index (χ4v) is 1.89. The zero-order chi connectivity index (χ0) is 8.32. The van der Waals surface area contributed by atoms with Gasteiger partial charge in [0.15, 0.2) is 0 Å². The average molecular weight is 156 g/mol. The monoisotopic (exact) mass is 156 g/mol. The summed E-state index contributed by atoms with van der Waals surface area (Å²) in [4.78, 5) is 0. The molecule has 0 radical (unpaired) electrons. The summed E-state index contributed by atoms with van der Waals surface area (Å²) >= 11 is 0. The van der Waals surface area contributed by atoms with Crippen molar-refractivity contribution in [1.82, 2.24) is 5.01 Å². The number of unbranched alkanes of at least 4 members (excludes halogenated alkanes) is 2. The molecule has 1 rings (SSSR count). The summed E-state index contributed by atoms with van der Waals surface area (Å²) in [5.74, 6) is 5.59. The van der Waals surface area contributed by atoms with Gasteiger partial charge in [-0.05, 0) is 11.8 Å². The van der Waals surface area contributed by atoms with Gasteiger partial charge < -0.3 is 0 Å². The quantitative estimate of drug-likeness (QED) is 0.496. The van der Waals surface area contributed by atoms with Gasteiger partial charge in [-0.2, -0.15) is 0 Å². The largest absolute Gasteiger partial charge is 0.269 e. The molecule has 2 nitrogen and oxygen atoms in total. The number of rotatable bonds is 4. The van der Waals surface area contributed by atoms with Crippen LogP contribution < -0.4 is 5.84 Å². The highest BCUT2D eigenvalue weighted by atomic mass is 15.4. The molecule has 1 heterocycles. The van der Waals surface area contributed by atoms with Gasteiger partial charge in [-0.1, -0.05) is 33.1 Å². The minimum Gasteiger partial charge on any atom is -0.269 e. The molecular formula is C9H20N2. The van der Waals surface area contributed by atoms with Gasteiger partial charge in [0.1, 0.15) is 0 Å². The molecule has 2 N–H and O–H groups in total. The van der Waals surface area contributed by atoms with Crippen LogP contribution in [0, 0.1) is 5.41 Å². The highest BCUT2D eigenvalue weighted by Gasteiger charge is 2.35. The zero-order valence-corrected chi connectivity index (χ0v) is 7.77. The fourth-order valence-electron chi connectivity index (χ4n) is 1.89. The second kappa shape index (κ2) is 3.55. The Kier molecular flexibility index (Phi) is 2.90. The van der Waals surface area contributed by atoms with E-state index in [1.165, 1.54) is 25.7 Å². The Morgan fingerprint density at radius 2 is 2.00 bits per heavy atom. The predicted molar refractivity (Wildman–Crippen MR) is 48.0 cm³/mol. The van der Waals surface area contributed by atoms with E-state index in [9.17, 15) is 0 Å². The second-order valence-electron chi connectivity index (χ2n) is 4.17. The van der Waals surface area contributed by atoms with E-state index in [0.29, 0.717) is 5.41 Å². The van der Waals surface area contributed by atoms with Crippen LogP contribution in [0.2, 0.25) is 0 Å². The van der Waals surface area contributed by atoms with Gasteiger partial charge >= 0.3 is 0 Å². The van der Waals surface area contributed by atoms with Crippen LogP contribution in [0.3, 0.4) is 0 Å². The number of nitrogens with zero attached hydrogens (tertiary/aromatic N) is 1. The molecule has 0 aromatic rings. The standard InChI is InChI=1S/C9H20N2/c1-3-4-5-6-9(2)7-11(10)8-9/h3-8,10H2,1-2H3. The molecule has 1 fully saturated rings. The van der Waals surface area contributed by atoms with Gasteiger partial charge in [-0.15, -0.1) is 0 Å². The normalized spacial score (nSPS) is 23.2. The fraction of sp³-hybridized carbons (Fsp3) is 1.00. The van der Waals surface area contributed by atoms with Crippen molar-refractivity contribution < 1.29 is 0 Å². The van der Waals surface area contributed by atoms with E-state index in [1.54, 1.807) is 0 Å². The van der Waals surface area contributed by atoms with Gasteiger partial charge in [-0.3, -0.25) is 5.84 Å². The lowest BCUT2D eigenvalue weighted by Crippen LogP contribution is -2.57. The maximum atomic E-state index is 5.59. The molecule has 0 unspecified atom stereocenters. The number of nitrogens with two attached hydrogens (primary N) is 1. The number of hydrazine groups is 1. The maximum absolute atomic E-state index is 5.59. The summed E-state index contributed by atoms with van der Waals surface area (Å²) in [6, 6.07) is 0. The van der Waals surface area contributed by atoms with E-state index in [-0.39, 0.29) is 0 Å². The van der Waals surface area contributed by atoms with E-state index in [1.807, 2.05) is 5.01 Å². The molecular weight excluding hydrogens is 136 g/mol. The lowest BCUT2D eigenvalue weighted by Gasteiger charge is -2.45. The van der Waals surface area contributed by atoms with Crippen LogP contribution >= 0.6 is 0 Å². The highest BCUT2D eigenvalue weighted by molar-refractivity contribution is 4.88. The van der Waals surface area contributed by atoms with E-state index >= 15 is 0 Å². The SMILES string of the molecule is CCCCCC1(C)CN(N)C1. The van der Waals surface area contributed by atoms with E-state index in [0.717, 1.165) is 13.1 Å². The smallest absolute Gasteiger partial charge is 0.0195 e. The Balaban J connectivity index is 2.07. The van der Waals surface area contributed by atoms with Crippen LogP contribution in [0.15, 0.2) is 0 Å². The Hall–Kier alpha value is -0.0800. The van der Waals surface area contributed by atoms with Crippen molar-refractivity contribution in [3.63, 3.8) is 0 Å². The molecule has 0 aromatic carbocycles. The molecule has 66 valence electrons. The molecule has 1 aliphatic rings. The Labute approximate surface area is 69.7 Å². The van der Waals surface area contributed by atoms with Crippen LogP contribution in [0.4, 0.5) is 0 Å². The summed E-state index contributed by atoms with van der Waals surface area (Å²) in [6.07, 6.45) is 5.43. The minimum atomic E-state index is 0.546. The lowest BCUT2D eigenvalue weighted by atomic mass is 9.78. The Bertz CT molecular complexity index is 117. The molecule has 0 bridgehead atoms. The van der Waals surface area contributed by atoms with Crippen molar-refractivity contribution in [2.75, 3.05) is 13.1 Å². The van der Waals surface area contributed by atoms with Gasteiger partial charge in [0.25, 0.3) is 0 Å². The van der Waals surface area contributed by atoms with E-state index < -0.39 is 0 Å². The summed E-state index contributed by atoms with van der Waals surface area (Å²) < 4.78 is 0. The van der Waals surface area contributed by atoms with Crippen LogP contribution in [0.1, 0.15) is 39.5 Å².